The van der Waals surface area contributed by atoms with E-state index in [1.54, 1.807) is 55.6 Å². The zero-order valence-corrected chi connectivity index (χ0v) is 17.2. The van der Waals surface area contributed by atoms with E-state index in [9.17, 15) is 9.59 Å². The molecular weight excluding hydrogens is 436 g/mol. The number of carbonyl (C=O) groups is 2. The Hall–Kier alpha value is -3.32. The smallest absolute Gasteiger partial charge is 0.262 e. The summed E-state index contributed by atoms with van der Waals surface area (Å²) < 4.78 is 11.6. The van der Waals surface area contributed by atoms with Crippen molar-refractivity contribution in [1.82, 2.24) is 0 Å². The second-order valence-corrected chi connectivity index (χ2v) is 6.94. The third-order valence-corrected chi connectivity index (χ3v) is 4.45. The molecule has 2 N–H and O–H groups in total. The van der Waals surface area contributed by atoms with Gasteiger partial charge in [-0.25, -0.2) is 0 Å². The summed E-state index contributed by atoms with van der Waals surface area (Å²) >= 11 is 3.35. The van der Waals surface area contributed by atoms with Gasteiger partial charge >= 0.3 is 0 Å². The molecule has 0 bridgehead atoms. The molecule has 3 rings (SSSR count). The Morgan fingerprint density at radius 2 is 1.69 bits per heavy atom. The Morgan fingerprint density at radius 3 is 2.41 bits per heavy atom. The Morgan fingerprint density at radius 1 is 0.931 bits per heavy atom. The SMILES string of the molecule is COc1ccccc1NC(=O)c1ccc(NC(=O)COc2cccc(Br)c2)cc1. The molecule has 3 aromatic rings. The number of methoxy groups -OCH3 is 1. The second kappa shape index (κ2) is 9.75. The van der Waals surface area contributed by atoms with Crippen LogP contribution in [-0.2, 0) is 4.79 Å². The van der Waals surface area contributed by atoms with E-state index in [-0.39, 0.29) is 18.4 Å². The van der Waals surface area contributed by atoms with Gasteiger partial charge in [0.2, 0.25) is 0 Å². The average molecular weight is 455 g/mol. The first-order valence-electron chi connectivity index (χ1n) is 8.78. The van der Waals surface area contributed by atoms with E-state index in [1.165, 1.54) is 0 Å². The Labute approximate surface area is 177 Å². The lowest BCUT2D eigenvalue weighted by molar-refractivity contribution is -0.118. The summed E-state index contributed by atoms with van der Waals surface area (Å²) in [5, 5.41) is 5.54. The Kier molecular flexibility index (Phi) is 6.86. The molecule has 2 amide bonds. The van der Waals surface area contributed by atoms with E-state index in [2.05, 4.69) is 26.6 Å². The molecule has 0 aromatic heterocycles. The molecule has 148 valence electrons. The van der Waals surface area contributed by atoms with Crippen molar-refractivity contribution in [3.63, 3.8) is 0 Å². The number of rotatable bonds is 7. The number of benzene rings is 3. The van der Waals surface area contributed by atoms with Gasteiger partial charge in [-0.2, -0.15) is 0 Å². The molecule has 0 saturated carbocycles. The maximum Gasteiger partial charge on any atom is 0.262 e. The fourth-order valence-electron chi connectivity index (χ4n) is 2.55. The van der Waals surface area contributed by atoms with E-state index >= 15 is 0 Å². The molecule has 29 heavy (non-hydrogen) atoms. The van der Waals surface area contributed by atoms with E-state index in [4.69, 9.17) is 9.47 Å². The molecule has 7 heteroatoms. The summed E-state index contributed by atoms with van der Waals surface area (Å²) in [7, 11) is 1.54. The highest BCUT2D eigenvalue weighted by Gasteiger charge is 2.10. The molecule has 0 spiro atoms. The van der Waals surface area contributed by atoms with Crippen molar-refractivity contribution in [2.75, 3.05) is 24.4 Å². The van der Waals surface area contributed by atoms with Gasteiger partial charge in [0.05, 0.1) is 12.8 Å². The number of amides is 2. The number of carbonyl (C=O) groups excluding carboxylic acids is 2. The van der Waals surface area contributed by atoms with Crippen molar-refractivity contribution in [3.05, 3.63) is 82.8 Å². The van der Waals surface area contributed by atoms with Gasteiger partial charge < -0.3 is 20.1 Å². The van der Waals surface area contributed by atoms with Gasteiger partial charge in [-0.1, -0.05) is 34.1 Å². The number of anilines is 2. The number of nitrogens with one attached hydrogen (secondary N) is 2. The van der Waals surface area contributed by atoms with Crippen LogP contribution < -0.4 is 20.1 Å². The van der Waals surface area contributed by atoms with Crippen molar-refractivity contribution in [2.24, 2.45) is 0 Å². The minimum atomic E-state index is -0.295. The molecular formula is C22H19BrN2O4. The minimum absolute atomic E-state index is 0.119. The molecule has 3 aromatic carbocycles. The van der Waals surface area contributed by atoms with Crippen LogP contribution in [-0.4, -0.2) is 25.5 Å². The topological polar surface area (TPSA) is 76.7 Å². The number of halogens is 1. The normalized spacial score (nSPS) is 10.1. The van der Waals surface area contributed by atoms with Crippen LogP contribution in [0.3, 0.4) is 0 Å². The third-order valence-electron chi connectivity index (χ3n) is 3.95. The van der Waals surface area contributed by atoms with Crippen LogP contribution in [0.25, 0.3) is 0 Å². The van der Waals surface area contributed by atoms with Crippen LogP contribution in [0.4, 0.5) is 11.4 Å². The number of hydrogen-bond acceptors (Lipinski definition) is 4. The highest BCUT2D eigenvalue weighted by Crippen LogP contribution is 2.24. The van der Waals surface area contributed by atoms with Crippen molar-refractivity contribution in [3.8, 4) is 11.5 Å². The van der Waals surface area contributed by atoms with Crippen LogP contribution in [0.2, 0.25) is 0 Å². The van der Waals surface area contributed by atoms with E-state index in [1.807, 2.05) is 24.3 Å². The second-order valence-electron chi connectivity index (χ2n) is 6.03. The fourth-order valence-corrected chi connectivity index (χ4v) is 2.93. The van der Waals surface area contributed by atoms with Crippen LogP contribution in [0, 0.1) is 0 Å². The van der Waals surface area contributed by atoms with Crippen LogP contribution in [0.1, 0.15) is 10.4 Å². The summed E-state index contributed by atoms with van der Waals surface area (Å²) in [6.07, 6.45) is 0. The van der Waals surface area contributed by atoms with Gasteiger partial charge in [-0.05, 0) is 54.6 Å². The van der Waals surface area contributed by atoms with Gasteiger partial charge in [0, 0.05) is 15.7 Å². The van der Waals surface area contributed by atoms with Gasteiger partial charge in [0.1, 0.15) is 11.5 Å². The zero-order chi connectivity index (χ0) is 20.6. The van der Waals surface area contributed by atoms with Crippen LogP contribution in [0.5, 0.6) is 11.5 Å². The van der Waals surface area contributed by atoms with Crippen molar-refractivity contribution in [1.29, 1.82) is 0 Å². The predicted molar refractivity (Wildman–Crippen MR) is 116 cm³/mol. The molecule has 0 atom stereocenters. The van der Waals surface area contributed by atoms with E-state index in [0.29, 0.717) is 28.4 Å². The third kappa shape index (κ3) is 5.83. The van der Waals surface area contributed by atoms with Gasteiger partial charge in [-0.3, -0.25) is 9.59 Å². The van der Waals surface area contributed by atoms with Crippen molar-refractivity contribution in [2.45, 2.75) is 0 Å². The minimum Gasteiger partial charge on any atom is -0.495 e. The lowest BCUT2D eigenvalue weighted by Crippen LogP contribution is -2.20. The summed E-state index contributed by atoms with van der Waals surface area (Å²) in [5.74, 6) is 0.606. The van der Waals surface area contributed by atoms with Gasteiger partial charge in [-0.15, -0.1) is 0 Å². The molecule has 0 radical (unpaired) electrons. The molecule has 0 aliphatic carbocycles. The van der Waals surface area contributed by atoms with E-state index < -0.39 is 0 Å². The Balaban J connectivity index is 1.55. The first-order valence-corrected chi connectivity index (χ1v) is 9.57. The average Bonchev–Trinajstić information content (AvgIpc) is 2.73. The largest absolute Gasteiger partial charge is 0.495 e. The maximum atomic E-state index is 12.4. The number of ether oxygens (including phenoxy) is 2. The van der Waals surface area contributed by atoms with Crippen LogP contribution in [0.15, 0.2) is 77.3 Å². The molecule has 0 unspecified atom stereocenters. The van der Waals surface area contributed by atoms with Gasteiger partial charge in [0.25, 0.3) is 11.8 Å². The summed E-state index contributed by atoms with van der Waals surface area (Å²) in [6.45, 7) is -0.119. The Bertz CT molecular complexity index is 1010. The number of hydrogen-bond donors (Lipinski definition) is 2. The molecule has 0 aliphatic rings. The standard InChI is InChI=1S/C22H19BrN2O4/c1-28-20-8-3-2-7-19(20)25-22(27)15-9-11-17(12-10-15)24-21(26)14-29-18-6-4-5-16(23)13-18/h2-13H,14H2,1H3,(H,24,26)(H,25,27). The summed E-state index contributed by atoms with van der Waals surface area (Å²) in [4.78, 5) is 24.5. The maximum absolute atomic E-state index is 12.4. The zero-order valence-electron chi connectivity index (χ0n) is 15.6. The van der Waals surface area contributed by atoms with Crippen molar-refractivity contribution >= 4 is 39.1 Å². The summed E-state index contributed by atoms with van der Waals surface area (Å²) in [6, 6.07) is 21.0. The summed E-state index contributed by atoms with van der Waals surface area (Å²) in [5.41, 5.74) is 1.61. The molecule has 0 saturated heterocycles. The van der Waals surface area contributed by atoms with E-state index in [0.717, 1.165) is 4.47 Å². The van der Waals surface area contributed by atoms with Gasteiger partial charge in [0.15, 0.2) is 6.61 Å². The molecule has 6 nitrogen and oxygen atoms in total. The molecule has 0 fully saturated rings. The lowest BCUT2D eigenvalue weighted by atomic mass is 10.2. The quantitative estimate of drug-likeness (QED) is 0.540. The monoisotopic (exact) mass is 454 g/mol. The number of para-hydroxylation sites is 2. The fraction of sp³-hybridized carbons (Fsp3) is 0.0909. The highest BCUT2D eigenvalue weighted by atomic mass is 79.9. The highest BCUT2D eigenvalue weighted by molar-refractivity contribution is 9.10. The first kappa shape index (κ1) is 20.4. The lowest BCUT2D eigenvalue weighted by Gasteiger charge is -2.11. The predicted octanol–water partition coefficient (Wildman–Crippen LogP) is 4.73. The molecule has 0 heterocycles. The molecule has 0 aliphatic heterocycles. The van der Waals surface area contributed by atoms with Crippen LogP contribution >= 0.6 is 15.9 Å². The first-order chi connectivity index (χ1) is 14.0. The van der Waals surface area contributed by atoms with Crippen molar-refractivity contribution < 1.29 is 19.1 Å².